The number of nitrogens with zero attached hydrogens (tertiary/aromatic N) is 3. The molecule has 0 aliphatic rings. The summed E-state index contributed by atoms with van der Waals surface area (Å²) in [6.07, 6.45) is 0. The molecule has 69 heavy (non-hydrogen) atoms. The molecule has 0 aliphatic heterocycles. The summed E-state index contributed by atoms with van der Waals surface area (Å²) in [7, 11) is 0. The number of aromatic nitrogens is 2. The Labute approximate surface area is 395 Å². The lowest BCUT2D eigenvalue weighted by molar-refractivity contribution is 0.669. The Balaban J connectivity index is 0.892. The number of pyridine rings is 1. The molecule has 5 heterocycles. The third-order valence-electron chi connectivity index (χ3n) is 14.3. The molecule has 5 aromatic heterocycles. The molecule has 0 unspecified atom stereocenters. The van der Waals surface area contributed by atoms with Crippen molar-refractivity contribution >= 4 is 110 Å². The highest BCUT2D eigenvalue weighted by Crippen LogP contribution is 2.46. The van der Waals surface area contributed by atoms with Crippen LogP contribution in [-0.2, 0) is 0 Å². The van der Waals surface area contributed by atoms with Crippen LogP contribution in [0, 0.1) is 0 Å². The van der Waals surface area contributed by atoms with Gasteiger partial charge >= 0.3 is 0 Å². The van der Waals surface area contributed by atoms with E-state index in [1.165, 1.54) is 43.5 Å². The van der Waals surface area contributed by atoms with Crippen LogP contribution in [0.5, 0.6) is 0 Å². The Morgan fingerprint density at radius 3 is 1.71 bits per heavy atom. The third-order valence-corrected chi connectivity index (χ3v) is 14.3. The number of hydrogen-bond donors (Lipinski definition) is 0. The van der Waals surface area contributed by atoms with Crippen molar-refractivity contribution in [2.45, 2.75) is 0 Å². The van der Waals surface area contributed by atoms with Crippen molar-refractivity contribution in [2.75, 3.05) is 4.90 Å². The van der Waals surface area contributed by atoms with Gasteiger partial charge in [0.2, 0.25) is 0 Å². The molecule has 0 amide bonds. The van der Waals surface area contributed by atoms with E-state index in [-0.39, 0.29) is 0 Å². The normalized spacial score (nSPS) is 12.1. The van der Waals surface area contributed by atoms with Crippen molar-refractivity contribution in [1.82, 2.24) is 8.97 Å². The lowest BCUT2D eigenvalue weighted by atomic mass is 10.0. The predicted molar refractivity (Wildman–Crippen MR) is 287 cm³/mol. The maximum absolute atomic E-state index is 6.47. The van der Waals surface area contributed by atoms with E-state index in [1.807, 2.05) is 24.3 Å². The molecule has 0 fully saturated rings. The second-order valence-corrected chi connectivity index (χ2v) is 18.0. The predicted octanol–water partition coefficient (Wildman–Crippen LogP) is 17.9. The standard InChI is InChI=1S/C64H39N3O2/c1-2-14-43(15-3-1)66-56-37-32-42(38-53(56)54-39-58-49-18-5-4-16-47(49)48-17-6-9-23-55(48)67(58)64(54)66)40-28-33-44(34-29-40)65(57-24-13-27-61-62(57)52-20-8-11-26-60(52)68-61)45-35-30-41(31-36-45)46-21-12-22-51-50-19-7-10-25-59(50)69-63(46)51/h1-39H. The summed E-state index contributed by atoms with van der Waals surface area (Å²) < 4.78 is 17.8. The molecule has 0 aliphatic carbocycles. The van der Waals surface area contributed by atoms with Crippen molar-refractivity contribution < 1.29 is 8.83 Å². The van der Waals surface area contributed by atoms with Gasteiger partial charge in [0, 0.05) is 60.3 Å². The van der Waals surface area contributed by atoms with Gasteiger partial charge in [-0.05, 0) is 107 Å². The maximum atomic E-state index is 6.47. The van der Waals surface area contributed by atoms with Crippen LogP contribution in [0.3, 0.4) is 0 Å². The lowest BCUT2D eigenvalue weighted by Gasteiger charge is -2.26. The second-order valence-electron chi connectivity index (χ2n) is 18.0. The minimum atomic E-state index is 0.852. The zero-order valence-electron chi connectivity index (χ0n) is 37.2. The lowest BCUT2D eigenvalue weighted by Crippen LogP contribution is -2.10. The number of fused-ring (bicyclic) bond motifs is 16. The summed E-state index contributed by atoms with van der Waals surface area (Å²) >= 11 is 0. The van der Waals surface area contributed by atoms with Crippen LogP contribution >= 0.6 is 0 Å². The number of furan rings is 2. The summed E-state index contributed by atoms with van der Waals surface area (Å²) in [5.41, 5.74) is 17.0. The van der Waals surface area contributed by atoms with Crippen LogP contribution in [0.1, 0.15) is 0 Å². The van der Waals surface area contributed by atoms with E-state index in [0.29, 0.717) is 0 Å². The van der Waals surface area contributed by atoms with Gasteiger partial charge in [0.05, 0.1) is 27.6 Å². The van der Waals surface area contributed by atoms with E-state index < -0.39 is 0 Å². The van der Waals surface area contributed by atoms with Crippen LogP contribution in [-0.4, -0.2) is 8.97 Å². The van der Waals surface area contributed by atoms with Crippen LogP contribution in [0.2, 0.25) is 0 Å². The van der Waals surface area contributed by atoms with Crippen molar-refractivity contribution in [1.29, 1.82) is 0 Å². The fourth-order valence-electron chi connectivity index (χ4n) is 11.2. The topological polar surface area (TPSA) is 38.9 Å². The number of anilines is 3. The Kier molecular flexibility index (Phi) is 8.00. The summed E-state index contributed by atoms with van der Waals surface area (Å²) in [5.74, 6) is 0. The first-order chi connectivity index (χ1) is 34.2. The monoisotopic (exact) mass is 881 g/mol. The summed E-state index contributed by atoms with van der Waals surface area (Å²) in [6.45, 7) is 0. The van der Waals surface area contributed by atoms with E-state index in [1.54, 1.807) is 0 Å². The van der Waals surface area contributed by atoms with Crippen molar-refractivity contribution in [2.24, 2.45) is 0 Å². The van der Waals surface area contributed by atoms with E-state index in [9.17, 15) is 0 Å². The molecule has 5 nitrogen and oxygen atoms in total. The van der Waals surface area contributed by atoms with Crippen LogP contribution < -0.4 is 4.90 Å². The van der Waals surface area contributed by atoms with Crippen molar-refractivity contribution in [3.05, 3.63) is 237 Å². The second kappa shape index (κ2) is 14.6. The summed E-state index contributed by atoms with van der Waals surface area (Å²) in [4.78, 5) is 2.35. The number of para-hydroxylation sites is 5. The molecule has 0 bridgehead atoms. The fourth-order valence-corrected chi connectivity index (χ4v) is 11.2. The van der Waals surface area contributed by atoms with Gasteiger partial charge in [0.15, 0.2) is 0 Å². The van der Waals surface area contributed by atoms with E-state index in [2.05, 4.69) is 226 Å². The van der Waals surface area contributed by atoms with Gasteiger partial charge in [-0.15, -0.1) is 0 Å². The first kappa shape index (κ1) is 37.9. The molecular formula is C64H39N3O2. The highest BCUT2D eigenvalue weighted by molar-refractivity contribution is 6.20. The molecule has 0 N–H and O–H groups in total. The van der Waals surface area contributed by atoms with E-state index in [4.69, 9.17) is 8.83 Å². The number of hydrogen-bond acceptors (Lipinski definition) is 3. The van der Waals surface area contributed by atoms with Crippen LogP contribution in [0.4, 0.5) is 17.1 Å². The van der Waals surface area contributed by atoms with E-state index in [0.717, 1.165) is 94.5 Å². The van der Waals surface area contributed by atoms with E-state index >= 15 is 0 Å². The fraction of sp³-hybridized carbons (Fsp3) is 0. The molecule has 0 saturated heterocycles. The molecule has 5 heteroatoms. The van der Waals surface area contributed by atoms with Gasteiger partial charge in [-0.2, -0.15) is 0 Å². The zero-order chi connectivity index (χ0) is 45.2. The summed E-state index contributed by atoms with van der Waals surface area (Å²) in [5, 5.41) is 10.6. The van der Waals surface area contributed by atoms with Crippen LogP contribution in [0.15, 0.2) is 245 Å². The van der Waals surface area contributed by atoms with Gasteiger partial charge in [0.25, 0.3) is 0 Å². The zero-order valence-corrected chi connectivity index (χ0v) is 37.2. The molecule has 0 atom stereocenters. The minimum Gasteiger partial charge on any atom is -0.456 e. The summed E-state index contributed by atoms with van der Waals surface area (Å²) in [6, 6.07) is 84.9. The molecular weight excluding hydrogens is 843 g/mol. The maximum Gasteiger partial charge on any atom is 0.143 e. The molecule has 0 radical (unpaired) electrons. The average Bonchev–Trinajstić information content (AvgIpc) is 4.19. The molecule has 322 valence electrons. The molecule has 0 saturated carbocycles. The van der Waals surface area contributed by atoms with Gasteiger partial charge in [-0.25, -0.2) is 0 Å². The quantitative estimate of drug-likeness (QED) is 0.156. The largest absolute Gasteiger partial charge is 0.456 e. The highest BCUT2D eigenvalue weighted by Gasteiger charge is 2.23. The average molecular weight is 882 g/mol. The van der Waals surface area contributed by atoms with Gasteiger partial charge in [0.1, 0.15) is 28.0 Å². The number of rotatable bonds is 6. The smallest absolute Gasteiger partial charge is 0.143 e. The molecule has 0 spiro atoms. The van der Waals surface area contributed by atoms with Gasteiger partial charge < -0.3 is 13.7 Å². The first-order valence-electron chi connectivity index (χ1n) is 23.5. The number of benzene rings is 10. The first-order valence-corrected chi connectivity index (χ1v) is 23.5. The Hall–Kier alpha value is -9.32. The highest BCUT2D eigenvalue weighted by atomic mass is 16.3. The van der Waals surface area contributed by atoms with Gasteiger partial charge in [-0.1, -0.05) is 152 Å². The molecule has 10 aromatic carbocycles. The Bertz CT molecular complexity index is 4530. The van der Waals surface area contributed by atoms with Crippen molar-refractivity contribution in [3.63, 3.8) is 0 Å². The van der Waals surface area contributed by atoms with Crippen LogP contribution in [0.25, 0.3) is 121 Å². The Morgan fingerprint density at radius 2 is 0.928 bits per heavy atom. The SMILES string of the molecule is c1ccc(-n2c3ccc(-c4ccc(N(c5ccc(-c6cccc7c6oc6ccccc67)cc5)c5cccc6oc7ccccc7c56)cc4)cc3c3cc4c5ccccc5c5ccccc5n4c32)cc1. The minimum absolute atomic E-state index is 0.852. The van der Waals surface area contributed by atoms with Crippen molar-refractivity contribution in [3.8, 4) is 27.9 Å². The molecule has 15 aromatic rings. The Morgan fingerprint density at radius 1 is 0.333 bits per heavy atom. The third kappa shape index (κ3) is 5.59. The molecule has 15 rings (SSSR count). The van der Waals surface area contributed by atoms with Gasteiger partial charge in [-0.3, -0.25) is 8.97 Å².